The standard InChI is InChI=1S/C21H29NO4Si/c1-21(2,3)27(4,5)25-14-6-13-24-19-10-7-17(8-11-19)9-12-20-15-18(16-23)22-26-20/h7-8,10-11,15,23H,6,13-14,16H2,1-5H3. The number of aliphatic hydroxyl groups excluding tert-OH is 1. The van der Waals surface area contributed by atoms with Crippen molar-refractivity contribution < 1.29 is 18.8 Å². The van der Waals surface area contributed by atoms with Crippen molar-refractivity contribution in [3.8, 4) is 17.6 Å². The Kier molecular flexibility index (Phi) is 7.25. The van der Waals surface area contributed by atoms with Gasteiger partial charge in [0.05, 0.1) is 13.2 Å². The van der Waals surface area contributed by atoms with Gasteiger partial charge in [0.2, 0.25) is 5.76 Å². The minimum atomic E-state index is -1.68. The van der Waals surface area contributed by atoms with Gasteiger partial charge in [-0.25, -0.2) is 0 Å². The summed E-state index contributed by atoms with van der Waals surface area (Å²) in [4.78, 5) is 0. The van der Waals surface area contributed by atoms with Gasteiger partial charge in [0, 0.05) is 24.7 Å². The first-order chi connectivity index (χ1) is 12.7. The van der Waals surface area contributed by atoms with Crippen LogP contribution < -0.4 is 4.74 Å². The summed E-state index contributed by atoms with van der Waals surface area (Å²) in [5.74, 6) is 7.12. The number of hydrogen-bond donors (Lipinski definition) is 1. The molecule has 1 N–H and O–H groups in total. The van der Waals surface area contributed by atoms with Gasteiger partial charge in [-0.2, -0.15) is 0 Å². The number of aromatic nitrogens is 1. The first-order valence-electron chi connectivity index (χ1n) is 9.16. The van der Waals surface area contributed by atoms with Crippen LogP contribution in [0.15, 0.2) is 34.9 Å². The third-order valence-electron chi connectivity index (χ3n) is 4.73. The highest BCUT2D eigenvalue weighted by molar-refractivity contribution is 6.74. The minimum Gasteiger partial charge on any atom is -0.494 e. The molecule has 146 valence electrons. The van der Waals surface area contributed by atoms with Crippen molar-refractivity contribution >= 4 is 8.32 Å². The van der Waals surface area contributed by atoms with Crippen molar-refractivity contribution in [3.63, 3.8) is 0 Å². The van der Waals surface area contributed by atoms with Crippen LogP contribution in [-0.4, -0.2) is 31.8 Å². The summed E-state index contributed by atoms with van der Waals surface area (Å²) < 4.78 is 16.9. The second kappa shape index (κ2) is 9.22. The number of rotatable bonds is 7. The molecule has 1 heterocycles. The summed E-state index contributed by atoms with van der Waals surface area (Å²) >= 11 is 0. The maximum atomic E-state index is 8.96. The van der Waals surface area contributed by atoms with Gasteiger partial charge in [-0.1, -0.05) is 31.8 Å². The van der Waals surface area contributed by atoms with Crippen LogP contribution in [0.3, 0.4) is 0 Å². The third kappa shape index (κ3) is 6.54. The maximum absolute atomic E-state index is 8.96. The second-order valence-corrected chi connectivity index (χ2v) is 12.7. The summed E-state index contributed by atoms with van der Waals surface area (Å²) in [6.45, 7) is 12.5. The lowest BCUT2D eigenvalue weighted by Gasteiger charge is -2.36. The van der Waals surface area contributed by atoms with Crippen molar-refractivity contribution in [1.82, 2.24) is 5.16 Å². The largest absolute Gasteiger partial charge is 0.494 e. The highest BCUT2D eigenvalue weighted by atomic mass is 28.4. The van der Waals surface area contributed by atoms with E-state index in [2.05, 4.69) is 50.9 Å². The number of benzene rings is 1. The third-order valence-corrected chi connectivity index (χ3v) is 9.27. The molecule has 0 spiro atoms. The Hall–Kier alpha value is -2.07. The van der Waals surface area contributed by atoms with Crippen molar-refractivity contribution in [3.05, 3.63) is 47.3 Å². The van der Waals surface area contributed by atoms with E-state index in [1.54, 1.807) is 6.07 Å². The van der Waals surface area contributed by atoms with Crippen LogP contribution in [0.5, 0.6) is 5.75 Å². The fraction of sp³-hybridized carbons (Fsp3) is 0.476. The fourth-order valence-corrected chi connectivity index (χ4v) is 3.09. The smallest absolute Gasteiger partial charge is 0.210 e. The number of hydrogen-bond acceptors (Lipinski definition) is 5. The van der Waals surface area contributed by atoms with Crippen LogP contribution in [0.25, 0.3) is 0 Å². The predicted octanol–water partition coefficient (Wildman–Crippen LogP) is 4.36. The van der Waals surface area contributed by atoms with Crippen molar-refractivity contribution in [1.29, 1.82) is 0 Å². The van der Waals surface area contributed by atoms with E-state index >= 15 is 0 Å². The van der Waals surface area contributed by atoms with Crippen LogP contribution in [-0.2, 0) is 11.0 Å². The van der Waals surface area contributed by atoms with E-state index in [0.29, 0.717) is 18.1 Å². The van der Waals surface area contributed by atoms with E-state index in [0.717, 1.165) is 24.3 Å². The Balaban J connectivity index is 1.76. The van der Waals surface area contributed by atoms with Crippen LogP contribution in [0, 0.1) is 11.8 Å². The lowest BCUT2D eigenvalue weighted by Crippen LogP contribution is -2.41. The minimum absolute atomic E-state index is 0.155. The molecule has 2 aromatic rings. The van der Waals surface area contributed by atoms with Crippen molar-refractivity contribution in [2.75, 3.05) is 13.2 Å². The summed E-state index contributed by atoms with van der Waals surface area (Å²) in [5, 5.41) is 12.9. The molecule has 1 aromatic carbocycles. The molecule has 0 aliphatic heterocycles. The Morgan fingerprint density at radius 1 is 1.11 bits per heavy atom. The molecule has 0 amide bonds. The van der Waals surface area contributed by atoms with E-state index in [1.165, 1.54) is 0 Å². The molecule has 1 aromatic heterocycles. The highest BCUT2D eigenvalue weighted by Gasteiger charge is 2.36. The van der Waals surface area contributed by atoms with Crippen LogP contribution in [0.1, 0.15) is 44.2 Å². The van der Waals surface area contributed by atoms with Crippen molar-refractivity contribution in [2.24, 2.45) is 0 Å². The van der Waals surface area contributed by atoms with Crippen LogP contribution in [0.2, 0.25) is 18.1 Å². The fourth-order valence-electron chi connectivity index (χ4n) is 2.01. The Morgan fingerprint density at radius 3 is 2.41 bits per heavy atom. The molecule has 6 heteroatoms. The average Bonchev–Trinajstić information content (AvgIpc) is 3.08. The first-order valence-corrected chi connectivity index (χ1v) is 12.1. The van der Waals surface area contributed by atoms with Crippen molar-refractivity contribution in [2.45, 2.75) is 51.9 Å². The van der Waals surface area contributed by atoms with Gasteiger partial charge in [-0.3, -0.25) is 0 Å². The topological polar surface area (TPSA) is 64.7 Å². The molecule has 0 atom stereocenters. The van der Waals surface area contributed by atoms with Crippen LogP contribution in [0.4, 0.5) is 0 Å². The maximum Gasteiger partial charge on any atom is 0.210 e. The SMILES string of the molecule is CC(C)(C)[Si](C)(C)OCCCOc1ccc(C#Cc2cc(CO)no2)cc1. The van der Waals surface area contributed by atoms with E-state index in [-0.39, 0.29) is 11.6 Å². The molecule has 0 radical (unpaired) electrons. The number of ether oxygens (including phenoxy) is 1. The molecular formula is C21H29NO4Si. The molecular weight excluding hydrogens is 358 g/mol. The molecule has 0 bridgehead atoms. The van der Waals surface area contributed by atoms with E-state index in [1.807, 2.05) is 24.3 Å². The molecule has 5 nitrogen and oxygen atoms in total. The van der Waals surface area contributed by atoms with Gasteiger partial charge in [-0.05, 0) is 48.3 Å². The normalized spacial score (nSPS) is 11.8. The zero-order valence-corrected chi connectivity index (χ0v) is 17.8. The Bertz CT molecular complexity index is 779. The number of nitrogens with zero attached hydrogens (tertiary/aromatic N) is 1. The van der Waals surface area contributed by atoms with E-state index in [4.69, 9.17) is 18.8 Å². The van der Waals surface area contributed by atoms with E-state index in [9.17, 15) is 0 Å². The monoisotopic (exact) mass is 387 g/mol. The van der Waals surface area contributed by atoms with Gasteiger partial charge >= 0.3 is 0 Å². The molecule has 0 saturated heterocycles. The van der Waals surface area contributed by atoms with Crippen LogP contribution >= 0.6 is 0 Å². The summed E-state index contributed by atoms with van der Waals surface area (Å²) in [7, 11) is -1.68. The molecule has 0 fully saturated rings. The first kappa shape index (κ1) is 21.2. The van der Waals surface area contributed by atoms with E-state index < -0.39 is 8.32 Å². The molecule has 2 rings (SSSR count). The zero-order valence-electron chi connectivity index (χ0n) is 16.8. The predicted molar refractivity (Wildman–Crippen MR) is 108 cm³/mol. The zero-order chi connectivity index (χ0) is 19.9. The van der Waals surface area contributed by atoms with Gasteiger partial charge in [0.15, 0.2) is 8.32 Å². The molecule has 0 aliphatic rings. The Morgan fingerprint density at radius 2 is 1.81 bits per heavy atom. The lowest BCUT2D eigenvalue weighted by molar-refractivity contribution is 0.234. The molecule has 0 unspecified atom stereocenters. The van der Waals surface area contributed by atoms with Gasteiger partial charge in [0.25, 0.3) is 0 Å². The molecule has 0 saturated carbocycles. The molecule has 27 heavy (non-hydrogen) atoms. The quantitative estimate of drug-likeness (QED) is 0.434. The summed E-state index contributed by atoms with van der Waals surface area (Å²) in [6, 6.07) is 9.22. The Labute approximate surface area is 162 Å². The summed E-state index contributed by atoms with van der Waals surface area (Å²) in [6.07, 6.45) is 0.868. The summed E-state index contributed by atoms with van der Waals surface area (Å²) in [5.41, 5.74) is 1.33. The second-order valence-electron chi connectivity index (χ2n) is 7.93. The highest BCUT2D eigenvalue weighted by Crippen LogP contribution is 2.36. The van der Waals surface area contributed by atoms with Gasteiger partial charge < -0.3 is 18.8 Å². The number of aliphatic hydroxyl groups is 1. The van der Waals surface area contributed by atoms with Gasteiger partial charge in [0.1, 0.15) is 11.4 Å². The lowest BCUT2D eigenvalue weighted by atomic mass is 10.2. The molecule has 0 aliphatic carbocycles. The van der Waals surface area contributed by atoms with Gasteiger partial charge in [-0.15, -0.1) is 0 Å². The average molecular weight is 388 g/mol.